The van der Waals surface area contributed by atoms with Gasteiger partial charge in [0, 0.05) is 15.6 Å². The fourth-order valence-corrected chi connectivity index (χ4v) is 0.971. The molecule has 0 bridgehead atoms. The average Bonchev–Trinajstić information content (AvgIpc) is 2.01. The Morgan fingerprint density at radius 1 is 1.17 bits per heavy atom. The summed E-state index contributed by atoms with van der Waals surface area (Å²) in [6, 6.07) is 0.322. The Bertz CT molecular complexity index is 95.6. The van der Waals surface area contributed by atoms with E-state index in [1.165, 1.54) is 0 Å². The second-order valence-corrected chi connectivity index (χ2v) is 3.41. The van der Waals surface area contributed by atoms with Crippen molar-refractivity contribution in [3.8, 4) is 0 Å². The van der Waals surface area contributed by atoms with Crippen LogP contribution in [-0.4, -0.2) is 40.0 Å². The lowest BCUT2D eigenvalue weighted by atomic mass is 10.2. The Labute approximate surface area is 76.9 Å². The van der Waals surface area contributed by atoms with Crippen LogP contribution in [-0.2, 0) is 9.47 Å². The van der Waals surface area contributed by atoms with Crippen molar-refractivity contribution in [1.82, 2.24) is 5.32 Å². The first-order valence-corrected chi connectivity index (χ1v) is 4.42. The number of hydrogen-bond donors (Lipinski definition) is 1. The molecule has 0 aliphatic heterocycles. The highest BCUT2D eigenvalue weighted by molar-refractivity contribution is 4.65. The van der Waals surface area contributed by atoms with E-state index in [4.69, 9.17) is 9.47 Å². The molecule has 0 fully saturated rings. The van der Waals surface area contributed by atoms with Crippen LogP contribution in [0.15, 0.2) is 0 Å². The molecule has 0 unspecified atom stereocenters. The smallest absolute Gasteiger partial charge is 0.0638 e. The standard InChI is InChI=1S/C9H21NO2.H2/c1-8(2)5-10-9(6-11-3)7-12-4;/h8-10H,5-7H2,1-4H3;1H. The van der Waals surface area contributed by atoms with Crippen LogP contribution in [0.2, 0.25) is 0 Å². The molecule has 0 aromatic carbocycles. The normalized spacial score (nSPS) is 11.5. The highest BCUT2D eigenvalue weighted by Crippen LogP contribution is 1.91. The molecule has 1 N–H and O–H groups in total. The van der Waals surface area contributed by atoms with Gasteiger partial charge in [0.2, 0.25) is 0 Å². The number of rotatable bonds is 7. The van der Waals surface area contributed by atoms with Gasteiger partial charge in [-0.3, -0.25) is 0 Å². The largest absolute Gasteiger partial charge is 0.383 e. The summed E-state index contributed by atoms with van der Waals surface area (Å²) in [6.07, 6.45) is 0. The molecule has 0 aliphatic rings. The van der Waals surface area contributed by atoms with Gasteiger partial charge in [-0.2, -0.15) is 0 Å². The predicted molar refractivity (Wildman–Crippen MR) is 52.5 cm³/mol. The summed E-state index contributed by atoms with van der Waals surface area (Å²) in [5.41, 5.74) is 0. The molecule has 0 aliphatic carbocycles. The lowest BCUT2D eigenvalue weighted by Crippen LogP contribution is -2.39. The molecule has 0 rings (SSSR count). The Kier molecular flexibility index (Phi) is 7.45. The second-order valence-electron chi connectivity index (χ2n) is 3.41. The van der Waals surface area contributed by atoms with Crippen LogP contribution in [0.1, 0.15) is 15.3 Å². The molecule has 3 nitrogen and oxygen atoms in total. The van der Waals surface area contributed by atoms with Gasteiger partial charge in [-0.15, -0.1) is 0 Å². The summed E-state index contributed by atoms with van der Waals surface area (Å²) in [5.74, 6) is 0.668. The first kappa shape index (κ1) is 11.9. The van der Waals surface area contributed by atoms with Gasteiger partial charge in [-0.05, 0) is 12.5 Å². The molecule has 0 amide bonds. The van der Waals surface area contributed by atoms with Crippen molar-refractivity contribution in [2.75, 3.05) is 34.0 Å². The first-order chi connectivity index (χ1) is 5.70. The lowest BCUT2D eigenvalue weighted by molar-refractivity contribution is 0.102. The summed E-state index contributed by atoms with van der Waals surface area (Å²) in [4.78, 5) is 0. The molecule has 0 atom stereocenters. The van der Waals surface area contributed by atoms with Gasteiger partial charge in [0.15, 0.2) is 0 Å². The van der Waals surface area contributed by atoms with Crippen LogP contribution in [0.25, 0.3) is 0 Å². The quantitative estimate of drug-likeness (QED) is 0.632. The van der Waals surface area contributed by atoms with Crippen molar-refractivity contribution in [2.45, 2.75) is 19.9 Å². The number of ether oxygens (including phenoxy) is 2. The summed E-state index contributed by atoms with van der Waals surface area (Å²) in [7, 11) is 3.42. The third-order valence-electron chi connectivity index (χ3n) is 1.55. The van der Waals surface area contributed by atoms with Crippen LogP contribution >= 0.6 is 0 Å². The SMILES string of the molecule is COCC(COC)NCC(C)C.[HH]. The maximum absolute atomic E-state index is 5.05. The number of methoxy groups -OCH3 is 2. The van der Waals surface area contributed by atoms with Crippen LogP contribution in [0.3, 0.4) is 0 Å². The van der Waals surface area contributed by atoms with E-state index < -0.39 is 0 Å². The molecular formula is C9H23NO2. The Hall–Kier alpha value is -0.120. The van der Waals surface area contributed by atoms with Gasteiger partial charge in [0.25, 0.3) is 0 Å². The molecule has 12 heavy (non-hydrogen) atoms. The summed E-state index contributed by atoms with van der Waals surface area (Å²) in [5, 5.41) is 3.37. The van der Waals surface area contributed by atoms with E-state index in [1.807, 2.05) is 0 Å². The fourth-order valence-electron chi connectivity index (χ4n) is 0.971. The lowest BCUT2D eigenvalue weighted by Gasteiger charge is -2.18. The summed E-state index contributed by atoms with van der Waals surface area (Å²) < 4.78 is 10.1. The van der Waals surface area contributed by atoms with Crippen molar-refractivity contribution < 1.29 is 10.9 Å². The maximum Gasteiger partial charge on any atom is 0.0638 e. The molecule has 3 heteroatoms. The highest BCUT2D eigenvalue weighted by Gasteiger charge is 2.06. The highest BCUT2D eigenvalue weighted by atomic mass is 16.5. The van der Waals surface area contributed by atoms with E-state index in [1.54, 1.807) is 14.2 Å². The minimum Gasteiger partial charge on any atom is -0.383 e. The molecule has 0 aromatic rings. The first-order valence-electron chi connectivity index (χ1n) is 4.42. The molecular weight excluding hydrogens is 154 g/mol. The van der Waals surface area contributed by atoms with E-state index in [2.05, 4.69) is 19.2 Å². The van der Waals surface area contributed by atoms with E-state index >= 15 is 0 Å². The van der Waals surface area contributed by atoms with Crippen molar-refractivity contribution in [2.24, 2.45) is 5.92 Å². The Morgan fingerprint density at radius 2 is 1.67 bits per heavy atom. The summed E-state index contributed by atoms with van der Waals surface area (Å²) >= 11 is 0. The van der Waals surface area contributed by atoms with Gasteiger partial charge in [-0.1, -0.05) is 13.8 Å². The van der Waals surface area contributed by atoms with Crippen LogP contribution in [0.5, 0.6) is 0 Å². The molecule has 0 saturated carbocycles. The second kappa shape index (κ2) is 7.53. The van der Waals surface area contributed by atoms with Gasteiger partial charge < -0.3 is 14.8 Å². The van der Waals surface area contributed by atoms with Gasteiger partial charge in [-0.25, -0.2) is 0 Å². The van der Waals surface area contributed by atoms with Crippen LogP contribution < -0.4 is 5.32 Å². The summed E-state index contributed by atoms with van der Waals surface area (Å²) in [6.45, 7) is 6.80. The van der Waals surface area contributed by atoms with Crippen LogP contribution in [0, 0.1) is 5.92 Å². The third-order valence-corrected chi connectivity index (χ3v) is 1.55. The molecule has 0 radical (unpaired) electrons. The zero-order valence-corrected chi connectivity index (χ0v) is 8.59. The zero-order valence-electron chi connectivity index (χ0n) is 8.59. The van der Waals surface area contributed by atoms with E-state index in [9.17, 15) is 0 Å². The monoisotopic (exact) mass is 177 g/mol. The van der Waals surface area contributed by atoms with Crippen molar-refractivity contribution >= 4 is 0 Å². The molecule has 0 saturated heterocycles. The number of hydrogen-bond acceptors (Lipinski definition) is 3. The van der Waals surface area contributed by atoms with Crippen LogP contribution in [0.4, 0.5) is 0 Å². The van der Waals surface area contributed by atoms with E-state index in [0.29, 0.717) is 25.2 Å². The molecule has 76 valence electrons. The number of nitrogens with one attached hydrogen (secondary N) is 1. The van der Waals surface area contributed by atoms with Crippen molar-refractivity contribution in [3.05, 3.63) is 0 Å². The topological polar surface area (TPSA) is 30.5 Å². The van der Waals surface area contributed by atoms with Crippen molar-refractivity contribution in [1.29, 1.82) is 0 Å². The maximum atomic E-state index is 5.05. The molecule has 0 heterocycles. The van der Waals surface area contributed by atoms with Gasteiger partial charge in [0.1, 0.15) is 0 Å². The van der Waals surface area contributed by atoms with Crippen molar-refractivity contribution in [3.63, 3.8) is 0 Å². The van der Waals surface area contributed by atoms with Gasteiger partial charge >= 0.3 is 0 Å². The fraction of sp³-hybridized carbons (Fsp3) is 1.00. The Balaban J connectivity index is 0. The molecule has 0 spiro atoms. The Morgan fingerprint density at radius 3 is 2.00 bits per heavy atom. The minimum atomic E-state index is 0. The third kappa shape index (κ3) is 6.58. The van der Waals surface area contributed by atoms with E-state index in [-0.39, 0.29) is 1.43 Å². The minimum absolute atomic E-state index is 0. The zero-order chi connectivity index (χ0) is 9.40. The average molecular weight is 177 g/mol. The molecule has 0 aromatic heterocycles. The van der Waals surface area contributed by atoms with Gasteiger partial charge in [0.05, 0.1) is 19.3 Å². The van der Waals surface area contributed by atoms with E-state index in [0.717, 1.165) is 6.54 Å². The predicted octanol–water partition coefficient (Wildman–Crippen LogP) is 1.14.